The zero-order chi connectivity index (χ0) is 21.7. The third-order valence-corrected chi connectivity index (χ3v) is 5.00. The van der Waals surface area contributed by atoms with Gasteiger partial charge in [-0.3, -0.25) is 9.59 Å². The van der Waals surface area contributed by atoms with Crippen molar-refractivity contribution in [3.8, 4) is 11.5 Å². The maximum absolute atomic E-state index is 12.5. The Morgan fingerprint density at radius 2 is 1.93 bits per heavy atom. The summed E-state index contributed by atoms with van der Waals surface area (Å²) in [5.41, 5.74) is 2.70. The monoisotopic (exact) mass is 418 g/mol. The van der Waals surface area contributed by atoms with Gasteiger partial charge >= 0.3 is 6.61 Å². The van der Waals surface area contributed by atoms with Crippen molar-refractivity contribution in [2.45, 2.75) is 26.4 Å². The molecule has 30 heavy (non-hydrogen) atoms. The molecule has 1 heterocycles. The maximum Gasteiger partial charge on any atom is 0.387 e. The van der Waals surface area contributed by atoms with Crippen LogP contribution in [0.15, 0.2) is 42.5 Å². The quantitative estimate of drug-likeness (QED) is 0.714. The highest BCUT2D eigenvalue weighted by molar-refractivity contribution is 6.00. The molecule has 0 radical (unpaired) electrons. The summed E-state index contributed by atoms with van der Waals surface area (Å²) in [5, 5.41) is 2.85. The summed E-state index contributed by atoms with van der Waals surface area (Å²) in [6, 6.07) is 12.3. The van der Waals surface area contributed by atoms with Gasteiger partial charge in [0, 0.05) is 25.2 Å². The second-order valence-electron chi connectivity index (χ2n) is 7.15. The number of nitrogens with one attached hydrogen (secondary N) is 1. The van der Waals surface area contributed by atoms with Crippen LogP contribution in [0.2, 0.25) is 0 Å². The summed E-state index contributed by atoms with van der Waals surface area (Å²) in [6.07, 6.45) is 0.659. The van der Waals surface area contributed by atoms with Crippen molar-refractivity contribution in [2.24, 2.45) is 5.92 Å². The molecule has 1 atom stereocenters. The average molecular weight is 418 g/mol. The smallest absolute Gasteiger partial charge is 0.387 e. The normalized spacial score (nSPS) is 16.1. The molecule has 2 aromatic carbocycles. The molecular formula is C22H24F2N2O4. The molecule has 3 rings (SSSR count). The zero-order valence-corrected chi connectivity index (χ0v) is 16.9. The van der Waals surface area contributed by atoms with E-state index < -0.39 is 12.5 Å². The topological polar surface area (TPSA) is 67.9 Å². The van der Waals surface area contributed by atoms with Crippen LogP contribution in [0.3, 0.4) is 0 Å². The summed E-state index contributed by atoms with van der Waals surface area (Å²) in [4.78, 5) is 26.4. The number of nitrogens with zero attached hydrogens (tertiary/aromatic N) is 1. The summed E-state index contributed by atoms with van der Waals surface area (Å²) in [5.74, 6) is -0.494. The van der Waals surface area contributed by atoms with Crippen LogP contribution in [-0.4, -0.2) is 38.6 Å². The minimum Gasteiger partial charge on any atom is -0.493 e. The van der Waals surface area contributed by atoms with Crippen molar-refractivity contribution in [1.82, 2.24) is 5.32 Å². The fourth-order valence-electron chi connectivity index (χ4n) is 3.39. The van der Waals surface area contributed by atoms with Gasteiger partial charge in [0.25, 0.3) is 0 Å². The van der Waals surface area contributed by atoms with Crippen LogP contribution < -0.4 is 19.7 Å². The number of hydrogen-bond donors (Lipinski definition) is 1. The van der Waals surface area contributed by atoms with Crippen LogP contribution in [-0.2, 0) is 16.0 Å². The van der Waals surface area contributed by atoms with E-state index in [0.717, 1.165) is 16.8 Å². The SMILES string of the molecule is COc1cc(CCNC(=O)[C@@H]2CC(=O)N(c3ccc(C)cc3)C2)ccc1OC(F)F. The number of ether oxygens (including phenoxy) is 2. The average Bonchev–Trinajstić information content (AvgIpc) is 3.11. The fourth-order valence-corrected chi connectivity index (χ4v) is 3.39. The number of aryl methyl sites for hydroxylation is 1. The third kappa shape index (κ3) is 5.25. The van der Waals surface area contributed by atoms with Crippen molar-refractivity contribution in [1.29, 1.82) is 0 Å². The largest absolute Gasteiger partial charge is 0.493 e. The Morgan fingerprint density at radius 1 is 1.20 bits per heavy atom. The number of amides is 2. The number of carbonyl (C=O) groups excluding carboxylic acids is 2. The number of hydrogen-bond acceptors (Lipinski definition) is 4. The van der Waals surface area contributed by atoms with Gasteiger partial charge in [-0.05, 0) is 43.2 Å². The first kappa shape index (κ1) is 21.5. The van der Waals surface area contributed by atoms with E-state index in [0.29, 0.717) is 19.5 Å². The Bertz CT molecular complexity index is 903. The zero-order valence-electron chi connectivity index (χ0n) is 16.9. The number of benzene rings is 2. The molecule has 1 N–H and O–H groups in total. The maximum atomic E-state index is 12.5. The van der Waals surface area contributed by atoms with Crippen LogP contribution in [0.25, 0.3) is 0 Å². The Balaban J connectivity index is 1.52. The van der Waals surface area contributed by atoms with E-state index in [-0.39, 0.29) is 29.7 Å². The summed E-state index contributed by atoms with van der Waals surface area (Å²) < 4.78 is 34.3. The Kier molecular flexibility index (Phi) is 6.87. The summed E-state index contributed by atoms with van der Waals surface area (Å²) >= 11 is 0. The Morgan fingerprint density at radius 3 is 2.60 bits per heavy atom. The van der Waals surface area contributed by atoms with Crippen LogP contribution >= 0.6 is 0 Å². The molecule has 160 valence electrons. The molecule has 1 aliphatic rings. The van der Waals surface area contributed by atoms with Gasteiger partial charge in [-0.1, -0.05) is 23.8 Å². The van der Waals surface area contributed by atoms with Crippen LogP contribution in [0.1, 0.15) is 17.5 Å². The van der Waals surface area contributed by atoms with Crippen LogP contribution in [0.5, 0.6) is 11.5 Å². The lowest BCUT2D eigenvalue weighted by Crippen LogP contribution is -2.34. The second kappa shape index (κ2) is 9.56. The summed E-state index contributed by atoms with van der Waals surface area (Å²) in [6.45, 7) is -0.258. The molecule has 1 fully saturated rings. The lowest BCUT2D eigenvalue weighted by molar-refractivity contribution is -0.126. The fraction of sp³-hybridized carbons (Fsp3) is 0.364. The molecule has 0 saturated carbocycles. The van der Waals surface area contributed by atoms with E-state index >= 15 is 0 Å². The van der Waals surface area contributed by atoms with E-state index in [9.17, 15) is 18.4 Å². The van der Waals surface area contributed by atoms with Crippen molar-refractivity contribution < 1.29 is 27.8 Å². The van der Waals surface area contributed by atoms with E-state index in [1.807, 2.05) is 31.2 Å². The lowest BCUT2D eigenvalue weighted by atomic mass is 10.1. The molecule has 8 heteroatoms. The second-order valence-corrected chi connectivity index (χ2v) is 7.15. The van der Waals surface area contributed by atoms with Crippen molar-refractivity contribution in [3.63, 3.8) is 0 Å². The molecule has 1 saturated heterocycles. The molecule has 0 spiro atoms. The molecule has 0 unspecified atom stereocenters. The van der Waals surface area contributed by atoms with E-state index in [4.69, 9.17) is 4.74 Å². The van der Waals surface area contributed by atoms with Gasteiger partial charge in [0.05, 0.1) is 13.0 Å². The van der Waals surface area contributed by atoms with Gasteiger partial charge in [-0.15, -0.1) is 0 Å². The Labute approximate surface area is 173 Å². The van der Waals surface area contributed by atoms with Gasteiger partial charge in [0.1, 0.15) is 0 Å². The standard InChI is InChI=1S/C22H24F2N2O4/c1-14-3-6-17(7-4-14)26-13-16(12-20(26)27)21(28)25-10-9-15-5-8-18(30-22(23)24)19(11-15)29-2/h3-8,11,16,22H,9-10,12-13H2,1-2H3,(H,25,28)/t16-/m1/s1. The van der Waals surface area contributed by atoms with Crippen molar-refractivity contribution >= 4 is 17.5 Å². The van der Waals surface area contributed by atoms with Gasteiger partial charge in [0.2, 0.25) is 11.8 Å². The first-order chi connectivity index (χ1) is 14.4. The van der Waals surface area contributed by atoms with Gasteiger partial charge in [-0.2, -0.15) is 8.78 Å². The van der Waals surface area contributed by atoms with Gasteiger partial charge in [0.15, 0.2) is 11.5 Å². The Hall–Kier alpha value is -3.16. The number of halogens is 2. The molecule has 0 bridgehead atoms. The highest BCUT2D eigenvalue weighted by Gasteiger charge is 2.34. The molecule has 2 amide bonds. The lowest BCUT2D eigenvalue weighted by Gasteiger charge is -2.17. The number of alkyl halides is 2. The molecule has 0 aliphatic carbocycles. The minimum absolute atomic E-state index is 0.0408. The van der Waals surface area contributed by atoms with Crippen molar-refractivity contribution in [2.75, 3.05) is 25.1 Å². The number of carbonyl (C=O) groups is 2. The van der Waals surface area contributed by atoms with Crippen LogP contribution in [0, 0.1) is 12.8 Å². The first-order valence-corrected chi connectivity index (χ1v) is 9.64. The number of methoxy groups -OCH3 is 1. The molecule has 2 aromatic rings. The third-order valence-electron chi connectivity index (χ3n) is 5.00. The minimum atomic E-state index is -2.93. The number of rotatable bonds is 8. The van der Waals surface area contributed by atoms with Crippen molar-refractivity contribution in [3.05, 3.63) is 53.6 Å². The predicted octanol–water partition coefficient (Wildman–Crippen LogP) is 3.32. The van der Waals surface area contributed by atoms with E-state index in [1.54, 1.807) is 17.0 Å². The molecule has 1 aliphatic heterocycles. The predicted molar refractivity (Wildman–Crippen MR) is 108 cm³/mol. The molecule has 6 nitrogen and oxygen atoms in total. The van der Waals surface area contributed by atoms with E-state index in [2.05, 4.69) is 10.1 Å². The highest BCUT2D eigenvalue weighted by atomic mass is 19.3. The van der Waals surface area contributed by atoms with Crippen LogP contribution in [0.4, 0.5) is 14.5 Å². The molecule has 0 aromatic heterocycles. The molecular weight excluding hydrogens is 394 g/mol. The van der Waals surface area contributed by atoms with E-state index in [1.165, 1.54) is 13.2 Å². The first-order valence-electron chi connectivity index (χ1n) is 9.64. The number of anilines is 1. The van der Waals surface area contributed by atoms with Gasteiger partial charge in [-0.25, -0.2) is 0 Å². The highest BCUT2D eigenvalue weighted by Crippen LogP contribution is 2.29. The summed E-state index contributed by atoms with van der Waals surface area (Å²) in [7, 11) is 1.37. The van der Waals surface area contributed by atoms with Gasteiger partial charge < -0.3 is 19.7 Å².